The smallest absolute Gasteiger partial charge is 0.193 e. The Balaban J connectivity index is 0.00000141. The van der Waals surface area contributed by atoms with E-state index in [9.17, 15) is 9.18 Å². The maximum atomic E-state index is 14.8. The third kappa shape index (κ3) is 4.55. The molecule has 0 aliphatic rings. The second kappa shape index (κ2) is 10.7. The van der Waals surface area contributed by atoms with E-state index in [1.54, 1.807) is 0 Å². The summed E-state index contributed by atoms with van der Waals surface area (Å²) in [6, 6.07) is 20.6. The maximum Gasteiger partial charge on any atom is 0.193 e. The van der Waals surface area contributed by atoms with Crippen molar-refractivity contribution in [2.24, 2.45) is 0 Å². The Morgan fingerprint density at radius 1 is 1.06 bits per heavy atom. The van der Waals surface area contributed by atoms with Crippen molar-refractivity contribution >= 4 is 22.5 Å². The summed E-state index contributed by atoms with van der Waals surface area (Å²) in [5, 5.41) is 3.52. The van der Waals surface area contributed by atoms with Crippen molar-refractivity contribution in [2.45, 2.75) is 33.3 Å². The highest BCUT2D eigenvalue weighted by Gasteiger charge is 2.23. The molecule has 2 aromatic heterocycles. The summed E-state index contributed by atoms with van der Waals surface area (Å²) in [6.07, 6.45) is 1.15. The zero-order valence-electron chi connectivity index (χ0n) is 18.8. The fourth-order valence-corrected chi connectivity index (χ4v) is 3.68. The number of nitrogens with one attached hydrogen (secondary N) is 1. The van der Waals surface area contributed by atoms with Gasteiger partial charge in [-0.3, -0.25) is 9.36 Å². The minimum Gasteiger partial charge on any atom is -0.377 e. The Morgan fingerprint density at radius 2 is 1.69 bits per heavy atom. The number of nitrogens with zero attached hydrogens (tertiary/aromatic N) is 2. The SMILES string of the molecule is CC.CCC(OC)c1c(F)cnc2c1c(=O)cc(Nc1ccccc1)n2-c1ccccc1. The molecule has 0 aliphatic carbocycles. The molecule has 32 heavy (non-hydrogen) atoms. The Labute approximate surface area is 187 Å². The van der Waals surface area contributed by atoms with Crippen LogP contribution in [-0.4, -0.2) is 16.7 Å². The van der Waals surface area contributed by atoms with Crippen LogP contribution in [0.15, 0.2) is 77.7 Å². The fraction of sp³-hybridized carbons (Fsp3) is 0.231. The summed E-state index contributed by atoms with van der Waals surface area (Å²) in [4.78, 5) is 17.5. The minimum absolute atomic E-state index is 0.228. The molecule has 0 aliphatic heterocycles. The van der Waals surface area contributed by atoms with Crippen LogP contribution in [0.5, 0.6) is 0 Å². The Kier molecular flexibility index (Phi) is 7.73. The van der Waals surface area contributed by atoms with E-state index in [1.807, 2.05) is 86.0 Å². The molecule has 0 saturated carbocycles. The van der Waals surface area contributed by atoms with Gasteiger partial charge in [0.15, 0.2) is 11.1 Å². The lowest BCUT2D eigenvalue weighted by Gasteiger charge is -2.21. The lowest BCUT2D eigenvalue weighted by Crippen LogP contribution is -2.17. The molecule has 2 aromatic carbocycles. The van der Waals surface area contributed by atoms with E-state index in [0.717, 1.165) is 17.6 Å². The van der Waals surface area contributed by atoms with Crippen LogP contribution in [0.3, 0.4) is 0 Å². The molecule has 0 radical (unpaired) electrons. The summed E-state index contributed by atoms with van der Waals surface area (Å²) in [5.74, 6) is -0.00268. The van der Waals surface area contributed by atoms with Crippen molar-refractivity contribution in [1.29, 1.82) is 0 Å². The molecule has 4 rings (SSSR count). The lowest BCUT2D eigenvalue weighted by atomic mass is 10.0. The topological polar surface area (TPSA) is 56.1 Å². The first-order valence-electron chi connectivity index (χ1n) is 10.8. The van der Waals surface area contributed by atoms with Gasteiger partial charge in [-0.05, 0) is 30.7 Å². The second-order valence-corrected chi connectivity index (χ2v) is 6.91. The zero-order chi connectivity index (χ0) is 23.1. The van der Waals surface area contributed by atoms with Gasteiger partial charge in [0, 0.05) is 30.1 Å². The van der Waals surface area contributed by atoms with Gasteiger partial charge in [0.25, 0.3) is 0 Å². The average molecular weight is 434 g/mol. The number of fused-ring (bicyclic) bond motifs is 1. The van der Waals surface area contributed by atoms with Gasteiger partial charge in [-0.1, -0.05) is 57.2 Å². The molecule has 0 fully saturated rings. The van der Waals surface area contributed by atoms with Crippen molar-refractivity contribution in [3.63, 3.8) is 0 Å². The molecule has 1 unspecified atom stereocenters. The average Bonchev–Trinajstić information content (AvgIpc) is 2.84. The van der Waals surface area contributed by atoms with E-state index in [4.69, 9.17) is 4.74 Å². The zero-order valence-corrected chi connectivity index (χ0v) is 18.8. The number of ether oxygens (including phenoxy) is 1. The first-order valence-corrected chi connectivity index (χ1v) is 10.8. The van der Waals surface area contributed by atoms with Crippen LogP contribution in [0.25, 0.3) is 16.7 Å². The summed E-state index contributed by atoms with van der Waals surface area (Å²) < 4.78 is 22.1. The monoisotopic (exact) mass is 433 g/mol. The number of pyridine rings is 2. The highest BCUT2D eigenvalue weighted by Crippen LogP contribution is 2.31. The second-order valence-electron chi connectivity index (χ2n) is 6.91. The van der Waals surface area contributed by atoms with E-state index >= 15 is 0 Å². The van der Waals surface area contributed by atoms with E-state index < -0.39 is 11.9 Å². The summed E-state index contributed by atoms with van der Waals surface area (Å²) in [7, 11) is 1.51. The van der Waals surface area contributed by atoms with E-state index in [2.05, 4.69) is 10.3 Å². The molecular formula is C26H28FN3O2. The molecule has 1 atom stereocenters. The number of rotatable bonds is 6. The Bertz CT molecular complexity index is 1220. The molecule has 0 bridgehead atoms. The quantitative estimate of drug-likeness (QED) is 0.383. The predicted molar refractivity (Wildman–Crippen MR) is 128 cm³/mol. The van der Waals surface area contributed by atoms with Crippen molar-refractivity contribution in [2.75, 3.05) is 12.4 Å². The molecule has 6 heteroatoms. The van der Waals surface area contributed by atoms with Crippen LogP contribution in [0, 0.1) is 5.82 Å². The number of para-hydroxylation sites is 2. The highest BCUT2D eigenvalue weighted by molar-refractivity contribution is 5.84. The fourth-order valence-electron chi connectivity index (χ4n) is 3.68. The van der Waals surface area contributed by atoms with E-state index in [1.165, 1.54) is 13.2 Å². The van der Waals surface area contributed by atoms with Crippen LogP contribution in [0.2, 0.25) is 0 Å². The van der Waals surface area contributed by atoms with Crippen LogP contribution in [-0.2, 0) is 4.74 Å². The van der Waals surface area contributed by atoms with Gasteiger partial charge in [0.1, 0.15) is 11.6 Å². The number of anilines is 2. The Hall–Kier alpha value is -3.51. The number of benzene rings is 2. The van der Waals surface area contributed by atoms with Crippen LogP contribution in [0.4, 0.5) is 15.9 Å². The van der Waals surface area contributed by atoms with Gasteiger partial charge in [-0.15, -0.1) is 0 Å². The first-order chi connectivity index (χ1) is 15.6. The van der Waals surface area contributed by atoms with Gasteiger partial charge < -0.3 is 10.1 Å². The van der Waals surface area contributed by atoms with Gasteiger partial charge in [0.05, 0.1) is 17.7 Å². The Morgan fingerprint density at radius 3 is 2.28 bits per heavy atom. The third-order valence-electron chi connectivity index (χ3n) is 5.06. The van der Waals surface area contributed by atoms with Gasteiger partial charge in [-0.25, -0.2) is 9.37 Å². The van der Waals surface area contributed by atoms with E-state index in [-0.39, 0.29) is 16.4 Å². The third-order valence-corrected chi connectivity index (χ3v) is 5.06. The molecule has 0 spiro atoms. The number of aromatic nitrogens is 2. The minimum atomic E-state index is -0.545. The van der Waals surface area contributed by atoms with Gasteiger partial charge >= 0.3 is 0 Å². The molecular weight excluding hydrogens is 405 g/mol. The molecule has 4 aromatic rings. The normalized spacial score (nSPS) is 11.5. The molecule has 0 amide bonds. The highest BCUT2D eigenvalue weighted by atomic mass is 19.1. The molecule has 0 saturated heterocycles. The summed E-state index contributed by atoms with van der Waals surface area (Å²) in [5.41, 5.74) is 1.93. The predicted octanol–water partition coefficient (Wildman–Crippen LogP) is 6.39. The molecule has 1 N–H and O–H groups in total. The van der Waals surface area contributed by atoms with Crippen LogP contribution in [0.1, 0.15) is 38.9 Å². The molecule has 166 valence electrons. The number of hydrogen-bond acceptors (Lipinski definition) is 4. The van der Waals surface area contributed by atoms with Crippen molar-refractivity contribution in [3.05, 3.63) is 94.5 Å². The van der Waals surface area contributed by atoms with Gasteiger partial charge in [-0.2, -0.15) is 0 Å². The van der Waals surface area contributed by atoms with Crippen LogP contribution >= 0.6 is 0 Å². The standard InChI is InChI=1S/C24H22FN3O2.C2H6/c1-3-20(30-2)22-18(25)15-26-24-23(22)19(29)14-21(27-16-10-6-4-7-11-16)28(24)17-12-8-5-9-13-17;1-2/h4-15,20,27H,3H2,1-2H3;1-2H3. The van der Waals surface area contributed by atoms with Gasteiger partial charge in [0.2, 0.25) is 0 Å². The molecule has 2 heterocycles. The van der Waals surface area contributed by atoms with Crippen LogP contribution < -0.4 is 10.7 Å². The summed E-state index contributed by atoms with van der Waals surface area (Å²) >= 11 is 0. The number of halogens is 1. The number of hydrogen-bond donors (Lipinski definition) is 1. The number of methoxy groups -OCH3 is 1. The first kappa shape index (κ1) is 23.2. The maximum absolute atomic E-state index is 14.8. The van der Waals surface area contributed by atoms with Crippen molar-refractivity contribution in [3.8, 4) is 5.69 Å². The lowest BCUT2D eigenvalue weighted by molar-refractivity contribution is 0.0980. The van der Waals surface area contributed by atoms with Crippen molar-refractivity contribution < 1.29 is 9.13 Å². The van der Waals surface area contributed by atoms with E-state index in [0.29, 0.717) is 17.9 Å². The molecule has 5 nitrogen and oxygen atoms in total. The summed E-state index contributed by atoms with van der Waals surface area (Å²) in [6.45, 7) is 5.89. The van der Waals surface area contributed by atoms with Crippen molar-refractivity contribution in [1.82, 2.24) is 9.55 Å². The largest absolute Gasteiger partial charge is 0.377 e.